The molecule has 0 N–H and O–H groups in total. The molecule has 0 amide bonds. The van der Waals surface area contributed by atoms with Crippen LogP contribution in [0.2, 0.25) is 0 Å². The standard InChI is InChI=1S/Ga.3O.Yb/q+3;3*-2;+3. The Bertz CT molecular complexity index is 6.85. The van der Waals surface area contributed by atoms with Crippen LogP contribution in [0.3, 0.4) is 0 Å². The van der Waals surface area contributed by atoms with Crippen molar-refractivity contribution in [3.05, 3.63) is 0 Å². The maximum Gasteiger partial charge on any atom is 3.00 e. The van der Waals surface area contributed by atoms with Gasteiger partial charge in [0.25, 0.3) is 0 Å². The Balaban J connectivity index is 0. The van der Waals surface area contributed by atoms with Gasteiger partial charge >= 0.3 is 66.7 Å². The molecule has 0 aliphatic carbocycles. The number of rotatable bonds is 0. The third kappa shape index (κ3) is 23.7. The molecule has 0 fully saturated rings. The van der Waals surface area contributed by atoms with Crippen molar-refractivity contribution in [3.8, 4) is 0 Å². The summed E-state index contributed by atoms with van der Waals surface area (Å²) < 4.78 is 0. The molecule has 3 nitrogen and oxygen atoms in total. The van der Waals surface area contributed by atoms with Crippen LogP contribution in [0.4, 0.5) is 0 Å². The molecule has 0 rings (SSSR count). The van der Waals surface area contributed by atoms with Crippen molar-refractivity contribution in [1.29, 1.82) is 0 Å². The topological polar surface area (TPSA) is 85.5 Å². The van der Waals surface area contributed by atoms with Crippen LogP contribution < -0.4 is 0 Å². The van der Waals surface area contributed by atoms with E-state index in [4.69, 9.17) is 0 Å². The quantitative estimate of drug-likeness (QED) is 0.527. The molecule has 0 aliphatic heterocycles. The summed E-state index contributed by atoms with van der Waals surface area (Å²) >= 11 is 0. The zero-order valence-corrected chi connectivity index (χ0v) is 6.21. The first-order valence-corrected chi connectivity index (χ1v) is 0. The molecule has 5 heavy (non-hydrogen) atoms. The first-order chi connectivity index (χ1) is 0. The van der Waals surface area contributed by atoms with E-state index in [0.29, 0.717) is 0 Å². The Morgan fingerprint density at radius 1 is 0.600 bits per heavy atom. The molecule has 0 atom stereocenters. The molecule has 0 spiro atoms. The van der Waals surface area contributed by atoms with E-state index < -0.39 is 0 Å². The van der Waals surface area contributed by atoms with Crippen molar-refractivity contribution in [3.63, 3.8) is 0 Å². The second kappa shape index (κ2) is 36.9. The molecule has 1 radical (unpaired) electrons. The van der Waals surface area contributed by atoms with Gasteiger partial charge < -0.3 is 16.4 Å². The first-order valence-electron chi connectivity index (χ1n) is 0. The molecule has 0 saturated heterocycles. The van der Waals surface area contributed by atoms with Crippen LogP contribution >= 0.6 is 0 Å². The zero-order valence-electron chi connectivity index (χ0n) is 2.07. The fourth-order valence-electron chi connectivity index (χ4n) is 0. The van der Waals surface area contributed by atoms with Crippen molar-refractivity contribution in [2.24, 2.45) is 0 Å². The second-order valence-electron chi connectivity index (χ2n) is 0. The Morgan fingerprint density at radius 2 is 0.600 bits per heavy atom. The minimum absolute atomic E-state index is 0. The monoisotopic (exact) mass is 291 g/mol. The third-order valence-electron chi connectivity index (χ3n) is 0. The Kier molecular flexibility index (Phi) is 457. The fraction of sp³-hybridized carbons (Fsp3) is 0. The summed E-state index contributed by atoms with van der Waals surface area (Å²) in [6, 6.07) is 0. The summed E-state index contributed by atoms with van der Waals surface area (Å²) in [5, 5.41) is 0. The summed E-state index contributed by atoms with van der Waals surface area (Å²) in [4.78, 5) is 0. The van der Waals surface area contributed by atoms with Crippen LogP contribution in [0.15, 0.2) is 0 Å². The van der Waals surface area contributed by atoms with Crippen molar-refractivity contribution < 1.29 is 63.4 Å². The average molecular weight is 291 g/mol. The minimum atomic E-state index is 0. The van der Waals surface area contributed by atoms with Crippen molar-refractivity contribution in [1.82, 2.24) is 0 Å². The van der Waals surface area contributed by atoms with Gasteiger partial charge in [0.1, 0.15) is 0 Å². The van der Waals surface area contributed by atoms with E-state index in [0.717, 1.165) is 0 Å². The fourth-order valence-corrected chi connectivity index (χ4v) is 0. The normalized spacial score (nSPS) is 0. The average Bonchev–Trinajstić information content (AvgIpc) is 0. The van der Waals surface area contributed by atoms with E-state index in [1.54, 1.807) is 0 Å². The van der Waals surface area contributed by atoms with Gasteiger partial charge in [-0.25, -0.2) is 0 Å². The van der Waals surface area contributed by atoms with Crippen LogP contribution in [0, 0.1) is 46.9 Å². The van der Waals surface area contributed by atoms with Crippen molar-refractivity contribution >= 4 is 19.8 Å². The first kappa shape index (κ1) is 61.8. The Labute approximate surface area is 81.7 Å². The van der Waals surface area contributed by atoms with E-state index in [1.165, 1.54) is 0 Å². The molecule has 5 heteroatoms. The van der Waals surface area contributed by atoms with E-state index in [2.05, 4.69) is 0 Å². The predicted octanol–water partition coefficient (Wildman–Crippen LogP) is -0.737. The van der Waals surface area contributed by atoms with Crippen LogP contribution in [0.1, 0.15) is 0 Å². The van der Waals surface area contributed by atoms with Crippen LogP contribution in [-0.4, -0.2) is 19.8 Å². The number of hydrogen-bond donors (Lipinski definition) is 0. The van der Waals surface area contributed by atoms with Gasteiger partial charge in [0, 0.05) is 0 Å². The van der Waals surface area contributed by atoms with E-state index in [9.17, 15) is 0 Å². The van der Waals surface area contributed by atoms with Gasteiger partial charge in [-0.2, -0.15) is 0 Å². The van der Waals surface area contributed by atoms with Gasteiger partial charge in [-0.1, -0.05) is 0 Å². The van der Waals surface area contributed by atoms with E-state index in [-0.39, 0.29) is 83.1 Å². The smallest absolute Gasteiger partial charge is 2.00 e. The van der Waals surface area contributed by atoms with Gasteiger partial charge in [-0.05, 0) is 0 Å². The Morgan fingerprint density at radius 3 is 0.600 bits per heavy atom. The largest absolute Gasteiger partial charge is 3.00 e. The molecule has 0 aliphatic rings. The van der Waals surface area contributed by atoms with Gasteiger partial charge in [-0.15, -0.1) is 0 Å². The molecule has 35 valence electrons. The van der Waals surface area contributed by atoms with E-state index >= 15 is 0 Å². The van der Waals surface area contributed by atoms with Crippen LogP contribution in [0.5, 0.6) is 0 Å². The second-order valence-corrected chi connectivity index (χ2v) is 0. The van der Waals surface area contributed by atoms with E-state index in [1.807, 2.05) is 0 Å². The van der Waals surface area contributed by atoms with Gasteiger partial charge in [-0.3, -0.25) is 0 Å². The summed E-state index contributed by atoms with van der Waals surface area (Å²) in [7, 11) is 0. The SMILES string of the molecule is [Ga+3].[O-2].[O-2].[O-2].[Yb+3]. The molecular weight excluding hydrogens is 291 g/mol. The molecule has 0 saturated carbocycles. The molecule has 0 aromatic rings. The van der Waals surface area contributed by atoms with Gasteiger partial charge in [0.2, 0.25) is 0 Å². The third-order valence-corrected chi connectivity index (χ3v) is 0. The molecule has 0 heterocycles. The summed E-state index contributed by atoms with van der Waals surface area (Å²) in [6.45, 7) is 0. The summed E-state index contributed by atoms with van der Waals surface area (Å²) in [5.74, 6) is 0. The molecule has 0 unspecified atom stereocenters. The Hall–Kier alpha value is 2.04. The maximum absolute atomic E-state index is 0. The predicted molar refractivity (Wildman–Crippen MR) is 7.81 cm³/mol. The van der Waals surface area contributed by atoms with Crippen LogP contribution in [0.25, 0.3) is 0 Å². The van der Waals surface area contributed by atoms with Gasteiger partial charge in [0.05, 0.1) is 0 Å². The minimum Gasteiger partial charge on any atom is -2.00 e. The molecule has 0 bridgehead atoms. The molecular formula is GaO3Yb. The molecule has 0 aromatic heterocycles. The van der Waals surface area contributed by atoms with Gasteiger partial charge in [0.15, 0.2) is 0 Å². The van der Waals surface area contributed by atoms with Crippen molar-refractivity contribution in [2.45, 2.75) is 0 Å². The zero-order chi connectivity index (χ0) is 0. The summed E-state index contributed by atoms with van der Waals surface area (Å²) in [6.07, 6.45) is 0. The van der Waals surface area contributed by atoms with Crippen molar-refractivity contribution in [2.75, 3.05) is 0 Å². The number of hydrogen-bond acceptors (Lipinski definition) is 0. The maximum atomic E-state index is 0. The summed E-state index contributed by atoms with van der Waals surface area (Å²) in [5.41, 5.74) is 0. The molecule has 0 aromatic carbocycles. The van der Waals surface area contributed by atoms with Crippen LogP contribution in [-0.2, 0) is 16.4 Å².